The van der Waals surface area contributed by atoms with Crippen molar-refractivity contribution in [3.63, 3.8) is 0 Å². The van der Waals surface area contributed by atoms with E-state index in [1.807, 2.05) is 26.0 Å². The molecule has 6 heteroatoms. The molecule has 3 rings (SSSR count). The molecule has 0 aliphatic heterocycles. The number of H-pyrrole nitrogens is 1. The molecule has 0 fully saturated rings. The highest BCUT2D eigenvalue weighted by Gasteiger charge is 2.31. The van der Waals surface area contributed by atoms with Gasteiger partial charge >= 0.3 is 6.18 Å². The van der Waals surface area contributed by atoms with E-state index < -0.39 is 11.7 Å². The van der Waals surface area contributed by atoms with Crippen LogP contribution in [0.5, 0.6) is 0 Å². The van der Waals surface area contributed by atoms with Crippen molar-refractivity contribution in [2.75, 3.05) is 6.54 Å². The van der Waals surface area contributed by atoms with Gasteiger partial charge < -0.3 is 10.7 Å². The third-order valence-electron chi connectivity index (χ3n) is 5.06. The molecule has 144 valence electrons. The number of aromatic amines is 1. The fourth-order valence-electron chi connectivity index (χ4n) is 3.39. The quantitative estimate of drug-likeness (QED) is 0.482. The molecule has 0 atom stereocenters. The minimum Gasteiger partial charge on any atom is -0.354 e. The second kappa shape index (κ2) is 7.56. The molecule has 0 radical (unpaired) electrons. The maximum absolute atomic E-state index is 13.2. The van der Waals surface area contributed by atoms with Crippen LogP contribution in [0.4, 0.5) is 13.2 Å². The normalized spacial score (nSPS) is 12.1. The van der Waals surface area contributed by atoms with Crippen molar-refractivity contribution in [1.29, 1.82) is 0 Å². The van der Waals surface area contributed by atoms with E-state index in [0.29, 0.717) is 22.8 Å². The van der Waals surface area contributed by atoms with Gasteiger partial charge in [-0.05, 0) is 74.5 Å². The van der Waals surface area contributed by atoms with Crippen LogP contribution in [0.1, 0.15) is 35.1 Å². The number of rotatable bonds is 5. The first kappa shape index (κ1) is 19.8. The lowest BCUT2D eigenvalue weighted by Crippen LogP contribution is -2.05. The summed E-state index contributed by atoms with van der Waals surface area (Å²) in [5, 5.41) is 1.32. The molecule has 0 bridgehead atoms. The summed E-state index contributed by atoms with van der Waals surface area (Å²) < 4.78 is 39.7. The topological polar surface area (TPSA) is 41.8 Å². The lowest BCUT2D eigenvalue weighted by atomic mass is 9.97. The molecule has 1 aromatic heterocycles. The van der Waals surface area contributed by atoms with E-state index in [2.05, 4.69) is 4.98 Å². The van der Waals surface area contributed by atoms with Crippen LogP contribution in [0.3, 0.4) is 0 Å². The molecule has 27 heavy (non-hydrogen) atoms. The summed E-state index contributed by atoms with van der Waals surface area (Å²) >= 11 is 6.31. The maximum Gasteiger partial charge on any atom is 0.416 e. The summed E-state index contributed by atoms with van der Waals surface area (Å²) in [4.78, 5) is 3.35. The van der Waals surface area contributed by atoms with Crippen LogP contribution in [0.2, 0.25) is 5.02 Å². The number of benzene rings is 2. The van der Waals surface area contributed by atoms with Crippen LogP contribution in [-0.2, 0) is 12.6 Å². The molecule has 3 N–H and O–H groups in total. The molecule has 2 aromatic carbocycles. The van der Waals surface area contributed by atoms with Crippen LogP contribution in [0.15, 0.2) is 30.3 Å². The van der Waals surface area contributed by atoms with Gasteiger partial charge in [-0.3, -0.25) is 0 Å². The van der Waals surface area contributed by atoms with Gasteiger partial charge in [-0.25, -0.2) is 0 Å². The van der Waals surface area contributed by atoms with Gasteiger partial charge in [-0.1, -0.05) is 23.7 Å². The minimum absolute atomic E-state index is 0.295. The Morgan fingerprint density at radius 1 is 1.07 bits per heavy atom. The highest BCUT2D eigenvalue weighted by Crippen LogP contribution is 2.40. The fraction of sp³-hybridized carbons (Fsp3) is 0.333. The van der Waals surface area contributed by atoms with Crippen molar-refractivity contribution in [3.8, 4) is 11.3 Å². The van der Waals surface area contributed by atoms with E-state index >= 15 is 0 Å². The zero-order chi connectivity index (χ0) is 19.8. The molecular formula is C21H22ClF3N2. The molecule has 0 saturated heterocycles. The number of alkyl halides is 3. The minimum atomic E-state index is -4.42. The number of hydrogen-bond donors (Lipinski definition) is 2. The first-order valence-corrected chi connectivity index (χ1v) is 9.29. The van der Waals surface area contributed by atoms with Crippen molar-refractivity contribution in [1.82, 2.24) is 4.98 Å². The van der Waals surface area contributed by atoms with Gasteiger partial charge in [-0.2, -0.15) is 13.2 Å². The number of unbranched alkanes of at least 4 members (excludes halogenated alkanes) is 1. The van der Waals surface area contributed by atoms with Crippen molar-refractivity contribution >= 4 is 22.5 Å². The predicted octanol–water partition coefficient (Wildman–Crippen LogP) is 6.41. The summed E-state index contributed by atoms with van der Waals surface area (Å²) in [6, 6.07) is 7.51. The van der Waals surface area contributed by atoms with Crippen LogP contribution in [0.25, 0.3) is 22.2 Å². The van der Waals surface area contributed by atoms with E-state index in [0.717, 1.165) is 59.0 Å². The highest BCUT2D eigenvalue weighted by atomic mass is 35.5. The lowest BCUT2D eigenvalue weighted by molar-refractivity contribution is -0.137. The van der Waals surface area contributed by atoms with Crippen molar-refractivity contribution < 1.29 is 13.2 Å². The molecule has 0 unspecified atom stereocenters. The SMILES string of the molecule is Cc1ccc2c(CCCCN)c(-c3cc(C(F)(F)F)ccc3Cl)[nH]c2c1C. The van der Waals surface area contributed by atoms with Gasteiger partial charge in [0.15, 0.2) is 0 Å². The first-order valence-electron chi connectivity index (χ1n) is 8.92. The molecule has 0 aliphatic carbocycles. The number of aromatic nitrogens is 1. The molecule has 2 nitrogen and oxygen atoms in total. The third kappa shape index (κ3) is 3.85. The number of aryl methyl sites for hydroxylation is 3. The standard InChI is InChI=1S/C21H22ClF3N2/c1-12-6-8-16-15(5-3-4-10-26)20(27-19(16)13(12)2)17-11-14(21(23,24)25)7-9-18(17)22/h6-9,11,27H,3-5,10,26H2,1-2H3. The second-order valence-corrected chi connectivity index (χ2v) is 7.25. The number of nitrogens with one attached hydrogen (secondary N) is 1. The Kier molecular flexibility index (Phi) is 5.54. The Morgan fingerprint density at radius 2 is 1.81 bits per heavy atom. The van der Waals surface area contributed by atoms with Gasteiger partial charge in [0, 0.05) is 21.5 Å². The zero-order valence-electron chi connectivity index (χ0n) is 15.3. The Balaban J connectivity index is 2.24. The number of nitrogens with two attached hydrogens (primary N) is 1. The van der Waals surface area contributed by atoms with Gasteiger partial charge in [0.2, 0.25) is 0 Å². The van der Waals surface area contributed by atoms with E-state index in [1.165, 1.54) is 6.07 Å². The average molecular weight is 395 g/mol. The summed E-state index contributed by atoms with van der Waals surface area (Å²) in [6.07, 6.45) is -1.98. The van der Waals surface area contributed by atoms with Gasteiger partial charge in [-0.15, -0.1) is 0 Å². The Bertz CT molecular complexity index is 974. The van der Waals surface area contributed by atoms with E-state index in [4.69, 9.17) is 17.3 Å². The van der Waals surface area contributed by atoms with Gasteiger partial charge in [0.25, 0.3) is 0 Å². The van der Waals surface area contributed by atoms with Crippen molar-refractivity contribution in [3.05, 3.63) is 57.6 Å². The maximum atomic E-state index is 13.2. The molecule has 0 aliphatic rings. The van der Waals surface area contributed by atoms with Crippen LogP contribution >= 0.6 is 11.6 Å². The van der Waals surface area contributed by atoms with Crippen LogP contribution in [-0.4, -0.2) is 11.5 Å². The van der Waals surface area contributed by atoms with E-state index in [1.54, 1.807) is 0 Å². The second-order valence-electron chi connectivity index (χ2n) is 6.85. The number of fused-ring (bicyclic) bond motifs is 1. The van der Waals surface area contributed by atoms with Gasteiger partial charge in [0.05, 0.1) is 11.3 Å². The van der Waals surface area contributed by atoms with E-state index in [-0.39, 0.29) is 0 Å². The summed E-state index contributed by atoms with van der Waals surface area (Å²) in [6.45, 7) is 4.61. The molecular weight excluding hydrogens is 373 g/mol. The summed E-state index contributed by atoms with van der Waals surface area (Å²) in [5.74, 6) is 0. The summed E-state index contributed by atoms with van der Waals surface area (Å²) in [7, 11) is 0. The molecule has 0 amide bonds. The number of hydrogen-bond acceptors (Lipinski definition) is 1. The smallest absolute Gasteiger partial charge is 0.354 e. The Labute approximate surface area is 161 Å². The fourth-order valence-corrected chi connectivity index (χ4v) is 3.60. The van der Waals surface area contributed by atoms with Gasteiger partial charge in [0.1, 0.15) is 0 Å². The largest absolute Gasteiger partial charge is 0.416 e. The Morgan fingerprint density at radius 3 is 2.48 bits per heavy atom. The third-order valence-corrected chi connectivity index (χ3v) is 5.39. The monoisotopic (exact) mass is 394 g/mol. The number of halogens is 4. The van der Waals surface area contributed by atoms with Crippen LogP contribution in [0, 0.1) is 13.8 Å². The molecule has 0 saturated carbocycles. The summed E-state index contributed by atoms with van der Waals surface area (Å²) in [5.41, 5.74) is 10.1. The van der Waals surface area contributed by atoms with E-state index in [9.17, 15) is 13.2 Å². The lowest BCUT2D eigenvalue weighted by Gasteiger charge is -2.11. The average Bonchev–Trinajstić information content (AvgIpc) is 2.97. The zero-order valence-corrected chi connectivity index (χ0v) is 16.1. The first-order chi connectivity index (χ1) is 12.7. The highest BCUT2D eigenvalue weighted by molar-refractivity contribution is 6.33. The molecule has 0 spiro atoms. The predicted molar refractivity (Wildman–Crippen MR) is 105 cm³/mol. The Hall–Kier alpha value is -1.98. The molecule has 3 aromatic rings. The van der Waals surface area contributed by atoms with Crippen molar-refractivity contribution in [2.45, 2.75) is 39.3 Å². The van der Waals surface area contributed by atoms with Crippen LogP contribution < -0.4 is 5.73 Å². The van der Waals surface area contributed by atoms with Crippen molar-refractivity contribution in [2.24, 2.45) is 5.73 Å². The molecule has 1 heterocycles.